The lowest BCUT2D eigenvalue weighted by atomic mass is 10.1. The molecule has 1 atom stereocenters. The van der Waals surface area contributed by atoms with Crippen LogP contribution in [0.2, 0.25) is 0 Å². The van der Waals surface area contributed by atoms with Crippen molar-refractivity contribution in [2.75, 3.05) is 18.4 Å². The molecular weight excluding hydrogens is 212 g/mol. The molecule has 0 fully saturated rings. The molecule has 1 unspecified atom stereocenters. The van der Waals surface area contributed by atoms with Crippen LogP contribution in [0.1, 0.15) is 25.0 Å². The van der Waals surface area contributed by atoms with Crippen molar-refractivity contribution in [1.29, 1.82) is 0 Å². The Morgan fingerprint density at radius 1 is 1.24 bits per heavy atom. The fourth-order valence-corrected chi connectivity index (χ4v) is 1.77. The molecule has 0 spiro atoms. The molecule has 0 aromatic heterocycles. The Bertz CT molecular complexity index is 368. The number of hydrogen-bond acceptors (Lipinski definition) is 2. The van der Waals surface area contributed by atoms with Crippen LogP contribution in [0.15, 0.2) is 18.2 Å². The predicted molar refractivity (Wildman–Crippen MR) is 72.3 cm³/mol. The van der Waals surface area contributed by atoms with E-state index >= 15 is 0 Å². The van der Waals surface area contributed by atoms with Crippen molar-refractivity contribution < 1.29 is 4.79 Å². The van der Waals surface area contributed by atoms with Crippen molar-refractivity contribution >= 4 is 11.6 Å². The number of carbonyl (C=O) groups is 1. The van der Waals surface area contributed by atoms with E-state index in [4.69, 9.17) is 0 Å². The molecule has 1 amide bonds. The lowest BCUT2D eigenvalue weighted by molar-refractivity contribution is -0.119. The van der Waals surface area contributed by atoms with Gasteiger partial charge < -0.3 is 10.6 Å². The Hall–Kier alpha value is -1.35. The van der Waals surface area contributed by atoms with E-state index < -0.39 is 0 Å². The Balaban J connectivity index is 2.61. The predicted octanol–water partition coefficient (Wildman–Crippen LogP) is 2.49. The summed E-state index contributed by atoms with van der Waals surface area (Å²) in [6.45, 7) is 9.64. The first-order chi connectivity index (χ1) is 8.02. The second-order valence-electron chi connectivity index (χ2n) is 4.57. The quantitative estimate of drug-likeness (QED) is 0.822. The third kappa shape index (κ3) is 4.57. The molecule has 2 N–H and O–H groups in total. The van der Waals surface area contributed by atoms with Gasteiger partial charge in [0.05, 0.1) is 0 Å². The normalized spacial score (nSPS) is 12.2. The molecule has 1 aromatic carbocycles. The molecule has 1 rings (SSSR count). The lowest BCUT2D eigenvalue weighted by Gasteiger charge is -2.13. The summed E-state index contributed by atoms with van der Waals surface area (Å²) < 4.78 is 0. The number of hydrogen-bond donors (Lipinski definition) is 2. The van der Waals surface area contributed by atoms with E-state index in [2.05, 4.69) is 16.7 Å². The SMILES string of the molecule is CCNCC(C)C(=O)Nc1cc(C)cc(C)c1. The zero-order valence-corrected chi connectivity index (χ0v) is 11.1. The molecule has 0 radical (unpaired) electrons. The molecule has 1 aromatic rings. The molecule has 0 saturated heterocycles. The summed E-state index contributed by atoms with van der Waals surface area (Å²) in [4.78, 5) is 11.9. The highest BCUT2D eigenvalue weighted by molar-refractivity contribution is 5.92. The van der Waals surface area contributed by atoms with Crippen molar-refractivity contribution in [3.63, 3.8) is 0 Å². The number of amides is 1. The maximum atomic E-state index is 11.9. The number of nitrogens with one attached hydrogen (secondary N) is 2. The maximum Gasteiger partial charge on any atom is 0.228 e. The van der Waals surface area contributed by atoms with Crippen LogP contribution in [0.3, 0.4) is 0 Å². The Morgan fingerprint density at radius 2 is 1.82 bits per heavy atom. The minimum absolute atomic E-state index is 0.0178. The highest BCUT2D eigenvalue weighted by Gasteiger charge is 2.12. The van der Waals surface area contributed by atoms with Gasteiger partial charge in [0.15, 0.2) is 0 Å². The number of anilines is 1. The summed E-state index contributed by atoms with van der Waals surface area (Å²) in [5.74, 6) is 0.0479. The Kier molecular flexibility index (Phi) is 5.16. The van der Waals surface area contributed by atoms with Crippen LogP contribution in [0.5, 0.6) is 0 Å². The van der Waals surface area contributed by atoms with E-state index in [-0.39, 0.29) is 11.8 Å². The van der Waals surface area contributed by atoms with Crippen LogP contribution in [0.4, 0.5) is 5.69 Å². The zero-order valence-electron chi connectivity index (χ0n) is 11.1. The van der Waals surface area contributed by atoms with Gasteiger partial charge in [-0.2, -0.15) is 0 Å². The van der Waals surface area contributed by atoms with Gasteiger partial charge in [-0.05, 0) is 43.7 Å². The first-order valence-corrected chi connectivity index (χ1v) is 6.12. The van der Waals surface area contributed by atoms with Gasteiger partial charge >= 0.3 is 0 Å². The first kappa shape index (κ1) is 13.7. The van der Waals surface area contributed by atoms with Gasteiger partial charge in [0.2, 0.25) is 5.91 Å². The second kappa shape index (κ2) is 6.40. The minimum Gasteiger partial charge on any atom is -0.326 e. The number of benzene rings is 1. The Morgan fingerprint density at radius 3 is 2.35 bits per heavy atom. The molecule has 17 heavy (non-hydrogen) atoms. The minimum atomic E-state index is -0.0178. The van der Waals surface area contributed by atoms with Crippen LogP contribution in [0, 0.1) is 19.8 Å². The van der Waals surface area contributed by atoms with Crippen molar-refractivity contribution in [3.8, 4) is 0 Å². The van der Waals surface area contributed by atoms with Crippen molar-refractivity contribution in [2.45, 2.75) is 27.7 Å². The van der Waals surface area contributed by atoms with Crippen LogP contribution < -0.4 is 10.6 Å². The van der Waals surface area contributed by atoms with Gasteiger partial charge in [0.1, 0.15) is 0 Å². The number of carbonyl (C=O) groups excluding carboxylic acids is 1. The number of rotatable bonds is 5. The van der Waals surface area contributed by atoms with E-state index in [0.717, 1.165) is 12.2 Å². The maximum absolute atomic E-state index is 11.9. The lowest BCUT2D eigenvalue weighted by Crippen LogP contribution is -2.30. The zero-order chi connectivity index (χ0) is 12.8. The molecule has 0 saturated carbocycles. The van der Waals surface area contributed by atoms with Gasteiger partial charge in [-0.1, -0.05) is 19.9 Å². The monoisotopic (exact) mass is 234 g/mol. The van der Waals surface area contributed by atoms with E-state index in [1.54, 1.807) is 0 Å². The topological polar surface area (TPSA) is 41.1 Å². The smallest absolute Gasteiger partial charge is 0.228 e. The molecule has 0 bridgehead atoms. The average Bonchev–Trinajstić information content (AvgIpc) is 2.24. The average molecular weight is 234 g/mol. The highest BCUT2D eigenvalue weighted by atomic mass is 16.1. The second-order valence-corrected chi connectivity index (χ2v) is 4.57. The molecule has 0 aliphatic carbocycles. The first-order valence-electron chi connectivity index (χ1n) is 6.12. The van der Waals surface area contributed by atoms with Crippen LogP contribution in [-0.2, 0) is 4.79 Å². The third-order valence-electron chi connectivity index (χ3n) is 2.64. The molecule has 94 valence electrons. The van der Waals surface area contributed by atoms with E-state index in [0.29, 0.717) is 6.54 Å². The largest absolute Gasteiger partial charge is 0.326 e. The van der Waals surface area contributed by atoms with Gasteiger partial charge in [-0.3, -0.25) is 4.79 Å². The standard InChI is InChI=1S/C14H22N2O/c1-5-15-9-12(4)14(17)16-13-7-10(2)6-11(3)8-13/h6-8,12,15H,5,9H2,1-4H3,(H,16,17). The van der Waals surface area contributed by atoms with E-state index in [1.165, 1.54) is 11.1 Å². The summed E-state index contributed by atoms with van der Waals surface area (Å²) in [6.07, 6.45) is 0. The van der Waals surface area contributed by atoms with Crippen molar-refractivity contribution in [1.82, 2.24) is 5.32 Å². The van der Waals surface area contributed by atoms with Gasteiger partial charge in [-0.25, -0.2) is 0 Å². The van der Waals surface area contributed by atoms with Gasteiger partial charge in [-0.15, -0.1) is 0 Å². The van der Waals surface area contributed by atoms with Gasteiger partial charge in [0, 0.05) is 18.2 Å². The molecule has 3 nitrogen and oxygen atoms in total. The highest BCUT2D eigenvalue weighted by Crippen LogP contribution is 2.14. The molecule has 0 aliphatic rings. The third-order valence-corrected chi connectivity index (χ3v) is 2.64. The Labute approximate surface area is 104 Å². The summed E-state index contributed by atoms with van der Waals surface area (Å²) >= 11 is 0. The summed E-state index contributed by atoms with van der Waals surface area (Å²) in [7, 11) is 0. The summed E-state index contributed by atoms with van der Waals surface area (Å²) in [5.41, 5.74) is 3.22. The summed E-state index contributed by atoms with van der Waals surface area (Å²) in [6, 6.07) is 6.08. The van der Waals surface area contributed by atoms with Crippen molar-refractivity contribution in [2.24, 2.45) is 5.92 Å². The molecule has 3 heteroatoms. The fraction of sp³-hybridized carbons (Fsp3) is 0.500. The molecule has 0 heterocycles. The van der Waals surface area contributed by atoms with Crippen molar-refractivity contribution in [3.05, 3.63) is 29.3 Å². The van der Waals surface area contributed by atoms with Crippen LogP contribution in [-0.4, -0.2) is 19.0 Å². The van der Waals surface area contributed by atoms with Gasteiger partial charge in [0.25, 0.3) is 0 Å². The van der Waals surface area contributed by atoms with Crippen LogP contribution in [0.25, 0.3) is 0 Å². The van der Waals surface area contributed by atoms with E-state index in [9.17, 15) is 4.79 Å². The summed E-state index contributed by atoms with van der Waals surface area (Å²) in [5, 5.41) is 6.13. The van der Waals surface area contributed by atoms with E-state index in [1.807, 2.05) is 39.8 Å². The molecular formula is C14H22N2O. The number of aryl methyl sites for hydroxylation is 2. The van der Waals surface area contributed by atoms with Crippen LogP contribution >= 0.6 is 0 Å². The molecule has 0 aliphatic heterocycles. The fourth-order valence-electron chi connectivity index (χ4n) is 1.77.